The summed E-state index contributed by atoms with van der Waals surface area (Å²) >= 11 is 1.48. The smallest absolute Gasteiger partial charge is 0.233 e. The van der Waals surface area contributed by atoms with Crippen LogP contribution in [0, 0.1) is 31.1 Å². The highest BCUT2D eigenvalue weighted by atomic mass is 32.2. The molecule has 1 aliphatic carbocycles. The minimum absolute atomic E-state index is 0.0156. The van der Waals surface area contributed by atoms with Gasteiger partial charge in [-0.15, -0.1) is 6.42 Å². The Bertz CT molecular complexity index is 1180. The normalized spacial score (nSPS) is 25.5. The van der Waals surface area contributed by atoms with E-state index in [-0.39, 0.29) is 41.0 Å². The number of aliphatic imine (C=N–C) groups is 1. The average Bonchev–Trinajstić information content (AvgIpc) is 3.48. The number of aryl methyl sites for hydroxylation is 1. The number of Topliss-reactive ketones (excluding diaryl/α,β-unsaturated/α-hetero) is 1. The van der Waals surface area contributed by atoms with E-state index in [1.54, 1.807) is 20.1 Å². The van der Waals surface area contributed by atoms with Gasteiger partial charge in [-0.3, -0.25) is 9.79 Å². The molecule has 3 atom stereocenters. The Hall–Kier alpha value is -3.03. The van der Waals surface area contributed by atoms with E-state index in [1.807, 2.05) is 6.92 Å². The molecule has 2 aromatic rings. The number of thioether (sulfide) groups is 1. The molecule has 3 heterocycles. The largest absolute Gasteiger partial charge is 0.463 e. The Kier molecular flexibility index (Phi) is 6.12. The van der Waals surface area contributed by atoms with E-state index in [1.165, 1.54) is 24.2 Å². The van der Waals surface area contributed by atoms with E-state index in [2.05, 4.69) is 25.9 Å². The fourth-order valence-corrected chi connectivity index (χ4v) is 5.91. The van der Waals surface area contributed by atoms with Gasteiger partial charge in [0, 0.05) is 31.2 Å². The van der Waals surface area contributed by atoms with Crippen LogP contribution in [0.15, 0.2) is 23.5 Å². The second-order valence-electron chi connectivity index (χ2n) is 8.37. The van der Waals surface area contributed by atoms with E-state index in [0.29, 0.717) is 28.6 Å². The van der Waals surface area contributed by atoms with Crippen molar-refractivity contribution in [2.45, 2.75) is 37.0 Å². The lowest BCUT2D eigenvalue weighted by Gasteiger charge is -2.33. The van der Waals surface area contributed by atoms with Gasteiger partial charge in [0.25, 0.3) is 0 Å². The average molecular weight is 470 g/mol. The second kappa shape index (κ2) is 8.72. The van der Waals surface area contributed by atoms with Gasteiger partial charge in [0.2, 0.25) is 11.8 Å². The molecule has 8 nitrogen and oxygen atoms in total. The molecule has 0 radical (unpaired) electrons. The standard InChI is InChI=1S/C23H24FN5O3S/c1-5-6-32-18-11-26-19(13(2)28-18)16(30)8-14-7-15(20(24)27-10-14)22(3)17-9-23(17,12-31-4)33-21(25)29-22/h1,7,10-11,17H,6,8-9,12H2,2-4H3,(H2,25,29)/t17-,22+,23+/m0/s1. The summed E-state index contributed by atoms with van der Waals surface area (Å²) in [4.78, 5) is 29.8. The molecule has 1 saturated carbocycles. The molecule has 33 heavy (non-hydrogen) atoms. The highest BCUT2D eigenvalue weighted by molar-refractivity contribution is 8.15. The summed E-state index contributed by atoms with van der Waals surface area (Å²) in [6.45, 7) is 4.08. The number of ether oxygens (including phenoxy) is 2. The Morgan fingerprint density at radius 2 is 2.21 bits per heavy atom. The Morgan fingerprint density at radius 1 is 1.42 bits per heavy atom. The van der Waals surface area contributed by atoms with Crippen LogP contribution in [0.3, 0.4) is 0 Å². The van der Waals surface area contributed by atoms with E-state index in [9.17, 15) is 9.18 Å². The summed E-state index contributed by atoms with van der Waals surface area (Å²) in [6, 6.07) is 1.65. The number of aromatic nitrogens is 3. The molecule has 0 amide bonds. The van der Waals surface area contributed by atoms with E-state index < -0.39 is 11.5 Å². The minimum Gasteiger partial charge on any atom is -0.463 e. The second-order valence-corrected chi connectivity index (χ2v) is 9.81. The zero-order chi connectivity index (χ0) is 23.8. The van der Waals surface area contributed by atoms with Crippen LogP contribution >= 0.6 is 11.8 Å². The molecule has 172 valence electrons. The number of halogens is 1. The molecule has 0 bridgehead atoms. The number of amidine groups is 1. The van der Waals surface area contributed by atoms with Crippen molar-refractivity contribution in [2.75, 3.05) is 20.3 Å². The first-order chi connectivity index (χ1) is 15.7. The van der Waals surface area contributed by atoms with Gasteiger partial charge in [-0.25, -0.2) is 15.0 Å². The van der Waals surface area contributed by atoms with Crippen molar-refractivity contribution in [3.8, 4) is 18.2 Å². The maximum Gasteiger partial charge on any atom is 0.233 e. The number of hydrogen-bond acceptors (Lipinski definition) is 9. The number of methoxy groups -OCH3 is 1. The van der Waals surface area contributed by atoms with Gasteiger partial charge in [0.15, 0.2) is 17.6 Å². The lowest BCUT2D eigenvalue weighted by Crippen LogP contribution is -2.38. The molecular weight excluding hydrogens is 445 g/mol. The summed E-state index contributed by atoms with van der Waals surface area (Å²) in [6.07, 6.45) is 8.67. The number of nitrogens with two attached hydrogens (primary N) is 1. The van der Waals surface area contributed by atoms with Gasteiger partial charge in [0.1, 0.15) is 5.69 Å². The summed E-state index contributed by atoms with van der Waals surface area (Å²) in [7, 11) is 1.64. The van der Waals surface area contributed by atoms with Crippen LogP contribution in [0.1, 0.15) is 40.7 Å². The molecule has 0 spiro atoms. The van der Waals surface area contributed by atoms with Crippen molar-refractivity contribution < 1.29 is 18.7 Å². The van der Waals surface area contributed by atoms with Crippen LogP contribution < -0.4 is 10.5 Å². The van der Waals surface area contributed by atoms with Gasteiger partial charge < -0.3 is 15.2 Å². The number of terminal acetylenes is 1. The highest BCUT2D eigenvalue weighted by Crippen LogP contribution is 2.65. The van der Waals surface area contributed by atoms with Crippen LogP contribution in [0.25, 0.3) is 0 Å². The summed E-state index contributed by atoms with van der Waals surface area (Å²) in [5.41, 5.74) is 6.71. The van der Waals surface area contributed by atoms with Crippen LogP contribution in [0.5, 0.6) is 5.88 Å². The summed E-state index contributed by atoms with van der Waals surface area (Å²) < 4.78 is 25.3. The van der Waals surface area contributed by atoms with Crippen molar-refractivity contribution in [1.29, 1.82) is 0 Å². The molecule has 0 unspecified atom stereocenters. The van der Waals surface area contributed by atoms with E-state index in [4.69, 9.17) is 21.6 Å². The first-order valence-corrected chi connectivity index (χ1v) is 11.2. The van der Waals surface area contributed by atoms with Gasteiger partial charge >= 0.3 is 0 Å². The van der Waals surface area contributed by atoms with Gasteiger partial charge in [-0.1, -0.05) is 17.7 Å². The van der Waals surface area contributed by atoms with Gasteiger partial charge in [-0.05, 0) is 31.9 Å². The molecule has 0 saturated heterocycles. The predicted octanol–water partition coefficient (Wildman–Crippen LogP) is 2.44. The number of ketones is 1. The van der Waals surface area contributed by atoms with E-state index in [0.717, 1.165) is 6.42 Å². The number of rotatable bonds is 8. The molecule has 2 aromatic heterocycles. The zero-order valence-corrected chi connectivity index (χ0v) is 19.4. The van der Waals surface area contributed by atoms with Gasteiger partial charge in [0.05, 0.1) is 28.8 Å². The Morgan fingerprint density at radius 3 is 2.91 bits per heavy atom. The fraction of sp³-hybridized carbons (Fsp3) is 0.435. The third kappa shape index (κ3) is 4.30. The third-order valence-electron chi connectivity index (χ3n) is 6.04. The van der Waals surface area contributed by atoms with Crippen molar-refractivity contribution in [2.24, 2.45) is 16.6 Å². The molecule has 1 fully saturated rings. The molecule has 10 heteroatoms. The van der Waals surface area contributed by atoms with Gasteiger partial charge in [-0.2, -0.15) is 4.39 Å². The molecule has 2 aliphatic rings. The lowest BCUT2D eigenvalue weighted by atomic mass is 9.86. The van der Waals surface area contributed by atoms with Crippen LogP contribution in [0.4, 0.5) is 4.39 Å². The number of carbonyl (C=O) groups is 1. The molecular formula is C23H24FN5O3S. The van der Waals surface area contributed by atoms with Crippen molar-refractivity contribution >= 4 is 22.7 Å². The van der Waals surface area contributed by atoms with Crippen molar-refractivity contribution in [1.82, 2.24) is 15.0 Å². The number of hydrogen-bond donors (Lipinski definition) is 1. The number of pyridine rings is 1. The molecule has 2 N–H and O–H groups in total. The fourth-order valence-electron chi connectivity index (χ4n) is 4.46. The maximum atomic E-state index is 14.9. The quantitative estimate of drug-likeness (QED) is 0.356. The lowest BCUT2D eigenvalue weighted by molar-refractivity contribution is 0.0986. The topological polar surface area (TPSA) is 113 Å². The molecule has 0 aromatic carbocycles. The predicted molar refractivity (Wildman–Crippen MR) is 123 cm³/mol. The third-order valence-corrected chi connectivity index (χ3v) is 7.32. The number of fused-ring (bicyclic) bond motifs is 1. The zero-order valence-electron chi connectivity index (χ0n) is 18.6. The maximum absolute atomic E-state index is 14.9. The monoisotopic (exact) mass is 469 g/mol. The Labute approximate surface area is 195 Å². The summed E-state index contributed by atoms with van der Waals surface area (Å²) in [5, 5.41) is 0.391. The number of carbonyl (C=O) groups excluding carboxylic acids is 1. The summed E-state index contributed by atoms with van der Waals surface area (Å²) in [5.74, 6) is 1.75. The minimum atomic E-state index is -0.893. The first kappa shape index (κ1) is 23.1. The first-order valence-electron chi connectivity index (χ1n) is 10.3. The van der Waals surface area contributed by atoms with Crippen molar-refractivity contribution in [3.63, 3.8) is 0 Å². The van der Waals surface area contributed by atoms with Crippen LogP contribution in [0.2, 0.25) is 0 Å². The van der Waals surface area contributed by atoms with Crippen LogP contribution in [-0.2, 0) is 16.7 Å². The van der Waals surface area contributed by atoms with E-state index >= 15 is 0 Å². The highest BCUT2D eigenvalue weighted by Gasteiger charge is 2.66. The van der Waals surface area contributed by atoms with Crippen LogP contribution in [-0.4, -0.2) is 51.0 Å². The SMILES string of the molecule is C#CCOc1cnc(C(=O)Cc2cnc(F)c([C@@]3(C)N=C(N)S[C@@]4(COC)C[C@H]43)c2)c(C)n1. The Balaban J connectivity index is 1.59. The van der Waals surface area contributed by atoms with Crippen molar-refractivity contribution in [3.05, 3.63) is 46.9 Å². The number of nitrogens with zero attached hydrogens (tertiary/aromatic N) is 4. The molecule has 4 rings (SSSR count). The molecule has 1 aliphatic heterocycles.